The molecule has 0 unspecified atom stereocenters. The first kappa shape index (κ1) is 19.7. The summed E-state index contributed by atoms with van der Waals surface area (Å²) in [5.41, 5.74) is 1.38. The van der Waals surface area contributed by atoms with E-state index in [1.54, 1.807) is 36.4 Å². The van der Waals surface area contributed by atoms with Gasteiger partial charge in [-0.25, -0.2) is 4.39 Å². The van der Waals surface area contributed by atoms with Gasteiger partial charge in [0.2, 0.25) is 0 Å². The van der Waals surface area contributed by atoms with Crippen LogP contribution in [0, 0.1) is 11.7 Å². The first-order valence-corrected chi connectivity index (χ1v) is 10.9. The molecular weight excluding hydrogens is 395 g/mol. The maximum Gasteiger partial charge on any atom is 0.255 e. The second-order valence-corrected chi connectivity index (χ2v) is 8.33. The van der Waals surface area contributed by atoms with Crippen LogP contribution in [-0.4, -0.2) is 27.3 Å². The molecule has 1 amide bonds. The standard InChI is InChI=1S/C24H25FN4O2/c25-21-12-9-18(14-20(21)23-28-27-22-4-2-1-3-13-29(22)23)26-24(30)17-7-10-19(11-8-17)31-15-16-5-6-16/h7-12,14,16H,1-6,13,15H2,(H,26,30). The van der Waals surface area contributed by atoms with Crippen LogP contribution in [-0.2, 0) is 13.0 Å². The Hall–Kier alpha value is -3.22. The minimum Gasteiger partial charge on any atom is -0.493 e. The molecule has 0 atom stereocenters. The summed E-state index contributed by atoms with van der Waals surface area (Å²) in [6.45, 7) is 1.51. The molecule has 2 aromatic carbocycles. The minimum absolute atomic E-state index is 0.258. The molecule has 1 saturated carbocycles. The van der Waals surface area contributed by atoms with Gasteiger partial charge >= 0.3 is 0 Å². The van der Waals surface area contributed by atoms with Crippen LogP contribution >= 0.6 is 0 Å². The largest absolute Gasteiger partial charge is 0.493 e. The molecule has 5 rings (SSSR count). The zero-order chi connectivity index (χ0) is 21.2. The molecule has 7 heteroatoms. The van der Waals surface area contributed by atoms with E-state index in [1.165, 1.54) is 18.9 Å². The molecule has 1 N–H and O–H groups in total. The van der Waals surface area contributed by atoms with Crippen LogP contribution in [0.1, 0.15) is 48.3 Å². The molecule has 1 fully saturated rings. The normalized spacial score (nSPS) is 15.8. The van der Waals surface area contributed by atoms with Crippen LogP contribution in [0.4, 0.5) is 10.1 Å². The topological polar surface area (TPSA) is 69.0 Å². The number of fused-ring (bicyclic) bond motifs is 1. The van der Waals surface area contributed by atoms with Crippen molar-refractivity contribution in [3.8, 4) is 17.1 Å². The van der Waals surface area contributed by atoms with Gasteiger partial charge in [-0.05, 0) is 74.1 Å². The number of halogens is 1. The van der Waals surface area contributed by atoms with E-state index < -0.39 is 0 Å². The van der Waals surface area contributed by atoms with Crippen LogP contribution in [0.25, 0.3) is 11.4 Å². The van der Waals surface area contributed by atoms with Gasteiger partial charge in [0.1, 0.15) is 17.4 Å². The first-order chi connectivity index (χ1) is 15.2. The molecule has 1 aliphatic carbocycles. The summed E-state index contributed by atoms with van der Waals surface area (Å²) >= 11 is 0. The lowest BCUT2D eigenvalue weighted by molar-refractivity contribution is 0.102. The summed E-state index contributed by atoms with van der Waals surface area (Å²) in [4.78, 5) is 12.7. The third-order valence-electron chi connectivity index (χ3n) is 5.87. The third-order valence-corrected chi connectivity index (χ3v) is 5.87. The quantitative estimate of drug-likeness (QED) is 0.619. The first-order valence-electron chi connectivity index (χ1n) is 10.9. The Labute approximate surface area is 180 Å². The molecule has 3 aromatic rings. The van der Waals surface area contributed by atoms with Gasteiger partial charge in [0.15, 0.2) is 5.82 Å². The number of hydrogen-bond acceptors (Lipinski definition) is 4. The summed E-state index contributed by atoms with van der Waals surface area (Å²) in [6, 6.07) is 11.6. The maximum absolute atomic E-state index is 14.6. The summed E-state index contributed by atoms with van der Waals surface area (Å²) in [6.07, 6.45) is 6.55. The molecule has 0 radical (unpaired) electrons. The number of ether oxygens (including phenoxy) is 1. The predicted molar refractivity (Wildman–Crippen MR) is 116 cm³/mol. The molecule has 2 aliphatic rings. The van der Waals surface area contributed by atoms with Crippen molar-refractivity contribution in [1.82, 2.24) is 14.8 Å². The predicted octanol–water partition coefficient (Wildman–Crippen LogP) is 4.85. The molecule has 160 valence electrons. The molecule has 1 aliphatic heterocycles. The van der Waals surface area contributed by atoms with E-state index in [1.807, 2.05) is 4.57 Å². The van der Waals surface area contributed by atoms with Crippen molar-refractivity contribution >= 4 is 11.6 Å². The van der Waals surface area contributed by atoms with Gasteiger partial charge in [0.05, 0.1) is 12.2 Å². The van der Waals surface area contributed by atoms with Gasteiger partial charge in [-0.15, -0.1) is 10.2 Å². The van der Waals surface area contributed by atoms with Crippen molar-refractivity contribution < 1.29 is 13.9 Å². The third kappa shape index (κ3) is 4.45. The maximum atomic E-state index is 14.6. The van der Waals surface area contributed by atoms with Gasteiger partial charge < -0.3 is 14.6 Å². The zero-order valence-electron chi connectivity index (χ0n) is 17.3. The van der Waals surface area contributed by atoms with Crippen LogP contribution in [0.5, 0.6) is 5.75 Å². The zero-order valence-corrected chi connectivity index (χ0v) is 17.3. The number of amides is 1. The van der Waals surface area contributed by atoms with Gasteiger partial charge in [-0.2, -0.15) is 0 Å². The highest BCUT2D eigenvalue weighted by Gasteiger charge is 2.22. The minimum atomic E-state index is -0.380. The summed E-state index contributed by atoms with van der Waals surface area (Å²) in [5.74, 6) is 2.21. The van der Waals surface area contributed by atoms with Crippen molar-refractivity contribution in [2.45, 2.75) is 45.1 Å². The average molecular weight is 420 g/mol. The van der Waals surface area contributed by atoms with E-state index in [-0.39, 0.29) is 11.7 Å². The van der Waals surface area contributed by atoms with Crippen molar-refractivity contribution in [1.29, 1.82) is 0 Å². The Morgan fingerprint density at radius 1 is 1.10 bits per heavy atom. The van der Waals surface area contributed by atoms with Crippen LogP contribution in [0.15, 0.2) is 42.5 Å². The number of nitrogens with one attached hydrogen (secondary N) is 1. The molecule has 2 heterocycles. The Morgan fingerprint density at radius 3 is 2.74 bits per heavy atom. The number of hydrogen-bond donors (Lipinski definition) is 1. The number of benzene rings is 2. The van der Waals surface area contributed by atoms with Crippen molar-refractivity contribution in [2.75, 3.05) is 11.9 Å². The summed E-state index contributed by atoms with van der Waals surface area (Å²) < 4.78 is 22.4. The second kappa shape index (κ2) is 8.49. The number of nitrogens with zero attached hydrogens (tertiary/aromatic N) is 3. The second-order valence-electron chi connectivity index (χ2n) is 8.33. The smallest absolute Gasteiger partial charge is 0.255 e. The Morgan fingerprint density at radius 2 is 1.94 bits per heavy atom. The van der Waals surface area contributed by atoms with Crippen molar-refractivity contribution in [2.24, 2.45) is 5.92 Å². The SMILES string of the molecule is O=C(Nc1ccc(F)c(-c2nnc3n2CCCCC3)c1)c1ccc(OCC2CC2)cc1. The fraction of sp³-hybridized carbons (Fsp3) is 0.375. The highest BCUT2D eigenvalue weighted by Crippen LogP contribution is 2.30. The lowest BCUT2D eigenvalue weighted by Crippen LogP contribution is -2.12. The number of aromatic nitrogens is 3. The lowest BCUT2D eigenvalue weighted by atomic mass is 10.1. The lowest BCUT2D eigenvalue weighted by Gasteiger charge is -2.11. The number of aryl methyl sites for hydroxylation is 1. The number of rotatable bonds is 6. The fourth-order valence-corrected chi connectivity index (χ4v) is 3.86. The van der Waals surface area contributed by atoms with Gasteiger partial charge in [-0.1, -0.05) is 6.42 Å². The van der Waals surface area contributed by atoms with E-state index in [2.05, 4.69) is 15.5 Å². The van der Waals surface area contributed by atoms with Gasteiger partial charge in [0.25, 0.3) is 5.91 Å². The fourth-order valence-electron chi connectivity index (χ4n) is 3.86. The Balaban J connectivity index is 1.32. The Kier molecular flexibility index (Phi) is 5.40. The highest BCUT2D eigenvalue weighted by atomic mass is 19.1. The molecule has 0 bridgehead atoms. The number of carbonyl (C=O) groups excluding carboxylic acids is 1. The van der Waals surface area contributed by atoms with E-state index in [9.17, 15) is 9.18 Å². The molecule has 0 spiro atoms. The molecule has 0 saturated heterocycles. The molecule has 1 aromatic heterocycles. The number of anilines is 1. The molecule has 31 heavy (non-hydrogen) atoms. The Bertz CT molecular complexity index is 1090. The van der Waals surface area contributed by atoms with Crippen molar-refractivity contribution in [3.05, 3.63) is 59.7 Å². The highest BCUT2D eigenvalue weighted by molar-refractivity contribution is 6.04. The molecule has 6 nitrogen and oxygen atoms in total. The van der Waals surface area contributed by atoms with E-state index in [0.717, 1.165) is 50.4 Å². The monoisotopic (exact) mass is 420 g/mol. The van der Waals surface area contributed by atoms with Crippen LogP contribution in [0.2, 0.25) is 0 Å². The average Bonchev–Trinajstić information content (AvgIpc) is 3.58. The molecular formula is C24H25FN4O2. The van der Waals surface area contributed by atoms with Crippen LogP contribution in [0.3, 0.4) is 0 Å². The van der Waals surface area contributed by atoms with Crippen molar-refractivity contribution in [3.63, 3.8) is 0 Å². The van der Waals surface area contributed by atoms with E-state index >= 15 is 0 Å². The summed E-state index contributed by atoms with van der Waals surface area (Å²) in [5, 5.41) is 11.4. The van der Waals surface area contributed by atoms with E-state index in [0.29, 0.717) is 28.6 Å². The summed E-state index contributed by atoms with van der Waals surface area (Å²) in [7, 11) is 0. The number of carbonyl (C=O) groups is 1. The van der Waals surface area contributed by atoms with Gasteiger partial charge in [-0.3, -0.25) is 4.79 Å². The van der Waals surface area contributed by atoms with E-state index in [4.69, 9.17) is 4.74 Å². The van der Waals surface area contributed by atoms with Crippen LogP contribution < -0.4 is 10.1 Å². The van der Waals surface area contributed by atoms with Gasteiger partial charge in [0, 0.05) is 24.2 Å².